The summed E-state index contributed by atoms with van der Waals surface area (Å²) in [6, 6.07) is 0.0954. The largest absolute Gasteiger partial charge is 0.444 e. The molecule has 154 valence electrons. The molecule has 0 radical (unpaired) electrons. The van der Waals surface area contributed by atoms with Gasteiger partial charge in [-0.1, -0.05) is 0 Å². The highest BCUT2D eigenvalue weighted by Gasteiger charge is 2.30. The summed E-state index contributed by atoms with van der Waals surface area (Å²) in [6.45, 7) is 11.4. The van der Waals surface area contributed by atoms with E-state index in [1.54, 1.807) is 7.11 Å². The van der Waals surface area contributed by atoms with Crippen LogP contribution < -0.4 is 10.6 Å². The molecular formula is C18H37IN4O3. The predicted molar refractivity (Wildman–Crippen MR) is 116 cm³/mol. The first-order valence-electron chi connectivity index (χ1n) is 9.38. The second kappa shape index (κ2) is 13.4. The van der Waals surface area contributed by atoms with Crippen LogP contribution in [-0.2, 0) is 9.47 Å². The van der Waals surface area contributed by atoms with Gasteiger partial charge >= 0.3 is 6.09 Å². The molecule has 0 aromatic heterocycles. The van der Waals surface area contributed by atoms with Crippen molar-refractivity contribution in [3.8, 4) is 0 Å². The van der Waals surface area contributed by atoms with Crippen LogP contribution in [0.4, 0.5) is 4.79 Å². The Labute approximate surface area is 175 Å². The number of ether oxygens (including phenoxy) is 2. The molecule has 1 atom stereocenters. The van der Waals surface area contributed by atoms with E-state index in [2.05, 4.69) is 15.6 Å². The monoisotopic (exact) mass is 484 g/mol. The number of hydrogen-bond donors (Lipinski definition) is 2. The van der Waals surface area contributed by atoms with E-state index in [1.165, 1.54) is 0 Å². The molecule has 0 aliphatic carbocycles. The Balaban J connectivity index is 0.00000625. The van der Waals surface area contributed by atoms with Crippen LogP contribution in [0.5, 0.6) is 0 Å². The topological polar surface area (TPSA) is 75.2 Å². The number of piperidine rings is 1. The molecule has 1 unspecified atom stereocenters. The van der Waals surface area contributed by atoms with Crippen molar-refractivity contribution in [3.05, 3.63) is 0 Å². The number of guanidine groups is 1. The highest BCUT2D eigenvalue weighted by Crippen LogP contribution is 2.20. The fourth-order valence-electron chi connectivity index (χ4n) is 2.71. The number of carbonyl (C=O) groups is 1. The summed E-state index contributed by atoms with van der Waals surface area (Å²) >= 11 is 0. The van der Waals surface area contributed by atoms with Crippen LogP contribution in [0.25, 0.3) is 0 Å². The minimum Gasteiger partial charge on any atom is -0.444 e. The highest BCUT2D eigenvalue weighted by atomic mass is 127. The minimum absolute atomic E-state index is 0. The molecule has 0 aromatic carbocycles. The molecule has 0 bridgehead atoms. The van der Waals surface area contributed by atoms with Crippen LogP contribution in [0.1, 0.15) is 53.4 Å². The number of methoxy groups -OCH3 is 1. The molecule has 26 heavy (non-hydrogen) atoms. The zero-order chi connectivity index (χ0) is 18.7. The quantitative estimate of drug-likeness (QED) is 0.252. The number of hydrogen-bond acceptors (Lipinski definition) is 4. The standard InChI is InChI=1S/C18H36N4O3.HI/c1-6-19-16(20-11-9-13-24-5)21-14-15-10-7-8-12-22(15)17(23)25-18(2,3)4;/h15H,6-14H2,1-5H3,(H2,19,20,21);1H. The molecule has 1 aliphatic heterocycles. The van der Waals surface area contributed by atoms with Gasteiger partial charge in [0.25, 0.3) is 0 Å². The summed E-state index contributed by atoms with van der Waals surface area (Å²) in [5, 5.41) is 6.55. The van der Waals surface area contributed by atoms with Crippen LogP contribution in [0.2, 0.25) is 0 Å². The minimum atomic E-state index is -0.472. The summed E-state index contributed by atoms with van der Waals surface area (Å²) < 4.78 is 10.6. The van der Waals surface area contributed by atoms with E-state index < -0.39 is 5.60 Å². The zero-order valence-electron chi connectivity index (χ0n) is 17.0. The first kappa shape index (κ1) is 25.2. The van der Waals surface area contributed by atoms with Crippen molar-refractivity contribution >= 4 is 36.0 Å². The number of amides is 1. The van der Waals surface area contributed by atoms with Gasteiger partial charge in [-0.3, -0.25) is 4.99 Å². The number of likely N-dealkylation sites (tertiary alicyclic amines) is 1. The number of aliphatic imine (C=N–C) groups is 1. The Morgan fingerprint density at radius 3 is 2.62 bits per heavy atom. The molecule has 8 heteroatoms. The Hall–Kier alpha value is -0.770. The summed E-state index contributed by atoms with van der Waals surface area (Å²) in [5.74, 6) is 0.785. The first-order valence-corrected chi connectivity index (χ1v) is 9.38. The van der Waals surface area contributed by atoms with Crippen LogP contribution >= 0.6 is 24.0 Å². The molecule has 0 spiro atoms. The SMILES string of the molecule is CCNC(=NCC1CCCCN1C(=O)OC(C)(C)C)NCCCOC.I. The van der Waals surface area contributed by atoms with E-state index in [0.29, 0.717) is 6.54 Å². The fourth-order valence-corrected chi connectivity index (χ4v) is 2.71. The maximum Gasteiger partial charge on any atom is 0.410 e. The lowest BCUT2D eigenvalue weighted by Gasteiger charge is -2.36. The lowest BCUT2D eigenvalue weighted by Crippen LogP contribution is -2.48. The maximum atomic E-state index is 12.4. The zero-order valence-corrected chi connectivity index (χ0v) is 19.3. The number of nitrogens with one attached hydrogen (secondary N) is 2. The van der Waals surface area contributed by atoms with Crippen molar-refractivity contribution in [2.45, 2.75) is 65.0 Å². The van der Waals surface area contributed by atoms with Gasteiger partial charge in [-0.2, -0.15) is 0 Å². The summed E-state index contributed by atoms with van der Waals surface area (Å²) in [7, 11) is 1.70. The number of carbonyl (C=O) groups excluding carboxylic acids is 1. The molecule has 2 N–H and O–H groups in total. The average molecular weight is 484 g/mol. The first-order chi connectivity index (χ1) is 11.9. The van der Waals surface area contributed by atoms with Crippen molar-refractivity contribution in [2.75, 3.05) is 39.9 Å². The van der Waals surface area contributed by atoms with E-state index in [9.17, 15) is 4.79 Å². The fraction of sp³-hybridized carbons (Fsp3) is 0.889. The molecule has 1 fully saturated rings. The van der Waals surface area contributed by atoms with E-state index in [-0.39, 0.29) is 36.1 Å². The molecule has 7 nitrogen and oxygen atoms in total. The Kier molecular flexibility index (Phi) is 13.0. The Bertz CT molecular complexity index is 427. The van der Waals surface area contributed by atoms with Crippen LogP contribution in [-0.4, -0.2) is 68.5 Å². The third kappa shape index (κ3) is 10.4. The number of rotatable bonds is 7. The molecule has 0 aromatic rings. The van der Waals surface area contributed by atoms with Gasteiger partial charge in [0, 0.05) is 33.4 Å². The molecule has 1 rings (SSSR count). The normalized spacial score (nSPS) is 18.1. The molecular weight excluding hydrogens is 447 g/mol. The van der Waals surface area contributed by atoms with Gasteiger partial charge < -0.3 is 25.0 Å². The number of nitrogens with zero attached hydrogens (tertiary/aromatic N) is 2. The third-order valence-electron chi connectivity index (χ3n) is 3.88. The van der Waals surface area contributed by atoms with Crippen molar-refractivity contribution in [3.63, 3.8) is 0 Å². The van der Waals surface area contributed by atoms with Gasteiger partial charge in [0.1, 0.15) is 5.60 Å². The summed E-state index contributed by atoms with van der Waals surface area (Å²) in [4.78, 5) is 19.0. The summed E-state index contributed by atoms with van der Waals surface area (Å²) in [5.41, 5.74) is -0.472. The predicted octanol–water partition coefficient (Wildman–Crippen LogP) is 2.99. The van der Waals surface area contributed by atoms with Gasteiger partial charge in [-0.05, 0) is 53.4 Å². The lowest BCUT2D eigenvalue weighted by molar-refractivity contribution is 0.0109. The van der Waals surface area contributed by atoms with Gasteiger partial charge in [-0.25, -0.2) is 4.79 Å². The Morgan fingerprint density at radius 2 is 2.00 bits per heavy atom. The van der Waals surface area contributed by atoms with Crippen LogP contribution in [0, 0.1) is 0 Å². The van der Waals surface area contributed by atoms with Crippen molar-refractivity contribution in [2.24, 2.45) is 4.99 Å². The third-order valence-corrected chi connectivity index (χ3v) is 3.88. The smallest absolute Gasteiger partial charge is 0.410 e. The van der Waals surface area contributed by atoms with Gasteiger partial charge in [0.05, 0.1) is 12.6 Å². The second-order valence-electron chi connectivity index (χ2n) is 7.32. The molecule has 1 aliphatic rings. The second-order valence-corrected chi connectivity index (χ2v) is 7.32. The number of halogens is 1. The molecule has 1 saturated heterocycles. The van der Waals surface area contributed by atoms with E-state index in [4.69, 9.17) is 9.47 Å². The van der Waals surface area contributed by atoms with Crippen molar-refractivity contribution < 1.29 is 14.3 Å². The highest BCUT2D eigenvalue weighted by molar-refractivity contribution is 14.0. The van der Waals surface area contributed by atoms with E-state index in [1.807, 2.05) is 32.6 Å². The van der Waals surface area contributed by atoms with Gasteiger partial charge in [0.2, 0.25) is 0 Å². The van der Waals surface area contributed by atoms with Gasteiger partial charge in [0.15, 0.2) is 5.96 Å². The van der Waals surface area contributed by atoms with Crippen LogP contribution in [0.3, 0.4) is 0 Å². The molecule has 0 saturated carbocycles. The lowest BCUT2D eigenvalue weighted by atomic mass is 10.0. The Morgan fingerprint density at radius 1 is 1.27 bits per heavy atom. The van der Waals surface area contributed by atoms with Gasteiger partial charge in [-0.15, -0.1) is 24.0 Å². The van der Waals surface area contributed by atoms with Crippen molar-refractivity contribution in [1.82, 2.24) is 15.5 Å². The van der Waals surface area contributed by atoms with Crippen molar-refractivity contribution in [1.29, 1.82) is 0 Å². The molecule has 1 heterocycles. The summed E-state index contributed by atoms with van der Waals surface area (Å²) in [6.07, 6.45) is 3.80. The van der Waals surface area contributed by atoms with E-state index >= 15 is 0 Å². The molecule has 1 amide bonds. The maximum absolute atomic E-state index is 12.4. The van der Waals surface area contributed by atoms with E-state index in [0.717, 1.165) is 57.9 Å². The van der Waals surface area contributed by atoms with Crippen LogP contribution in [0.15, 0.2) is 4.99 Å². The average Bonchev–Trinajstić information content (AvgIpc) is 2.55.